The van der Waals surface area contributed by atoms with Crippen molar-refractivity contribution in [3.05, 3.63) is 35.9 Å². The van der Waals surface area contributed by atoms with Crippen LogP contribution in [0.5, 0.6) is 0 Å². The second kappa shape index (κ2) is 7.61. The molecule has 1 saturated carbocycles. The first-order valence-electron chi connectivity index (χ1n) is 8.32. The van der Waals surface area contributed by atoms with Gasteiger partial charge in [0.25, 0.3) is 0 Å². The van der Waals surface area contributed by atoms with Crippen molar-refractivity contribution in [2.45, 2.75) is 70.4 Å². The van der Waals surface area contributed by atoms with Gasteiger partial charge in [-0.1, -0.05) is 49.6 Å². The quantitative estimate of drug-likeness (QED) is 0.810. The molecule has 1 fully saturated rings. The molecule has 1 aliphatic rings. The summed E-state index contributed by atoms with van der Waals surface area (Å²) >= 11 is 0. The highest BCUT2D eigenvalue weighted by Crippen LogP contribution is 2.26. The van der Waals surface area contributed by atoms with E-state index < -0.39 is 0 Å². The lowest BCUT2D eigenvalue weighted by molar-refractivity contribution is 0.270. The Balaban J connectivity index is 1.91. The molecule has 0 aliphatic heterocycles. The third kappa shape index (κ3) is 5.17. The summed E-state index contributed by atoms with van der Waals surface area (Å²) < 4.78 is 0. The van der Waals surface area contributed by atoms with Crippen molar-refractivity contribution in [1.82, 2.24) is 5.32 Å². The van der Waals surface area contributed by atoms with Crippen LogP contribution in [0, 0.1) is 17.2 Å². The summed E-state index contributed by atoms with van der Waals surface area (Å²) in [5.74, 6) is 0.184. The maximum absolute atomic E-state index is 9.40. The zero-order chi connectivity index (χ0) is 15.1. The number of nitrogens with one attached hydrogen (secondary N) is 1. The van der Waals surface area contributed by atoms with Gasteiger partial charge in [-0.3, -0.25) is 0 Å². The van der Waals surface area contributed by atoms with Crippen molar-refractivity contribution in [2.75, 3.05) is 0 Å². The van der Waals surface area contributed by atoms with E-state index >= 15 is 0 Å². The summed E-state index contributed by atoms with van der Waals surface area (Å²) in [7, 11) is 0. The molecule has 0 bridgehead atoms. The van der Waals surface area contributed by atoms with Crippen LogP contribution in [0.1, 0.15) is 57.9 Å². The van der Waals surface area contributed by atoms with Gasteiger partial charge < -0.3 is 5.32 Å². The number of hydrogen-bond donors (Lipinski definition) is 1. The minimum Gasteiger partial charge on any atom is -0.308 e. The van der Waals surface area contributed by atoms with Crippen molar-refractivity contribution >= 4 is 0 Å². The summed E-state index contributed by atoms with van der Waals surface area (Å²) in [5, 5.41) is 13.2. The number of benzene rings is 1. The first-order chi connectivity index (χ1) is 10.1. The van der Waals surface area contributed by atoms with Gasteiger partial charge in [-0.05, 0) is 45.1 Å². The van der Waals surface area contributed by atoms with Crippen LogP contribution in [0.15, 0.2) is 30.3 Å². The summed E-state index contributed by atoms with van der Waals surface area (Å²) in [6, 6.07) is 13.6. The molecule has 2 heteroatoms. The molecule has 0 heterocycles. The monoisotopic (exact) mass is 284 g/mol. The minimum absolute atomic E-state index is 0.0833. The van der Waals surface area contributed by atoms with E-state index in [1.54, 1.807) is 0 Å². The molecule has 21 heavy (non-hydrogen) atoms. The zero-order valence-corrected chi connectivity index (χ0v) is 13.4. The Morgan fingerprint density at radius 1 is 1.14 bits per heavy atom. The van der Waals surface area contributed by atoms with Gasteiger partial charge in [0.1, 0.15) is 0 Å². The van der Waals surface area contributed by atoms with Gasteiger partial charge in [0, 0.05) is 11.6 Å². The third-order valence-electron chi connectivity index (χ3n) is 4.64. The van der Waals surface area contributed by atoms with Gasteiger partial charge >= 0.3 is 0 Å². The summed E-state index contributed by atoms with van der Waals surface area (Å²) in [6.45, 7) is 4.55. The predicted molar refractivity (Wildman–Crippen MR) is 88.0 cm³/mol. The summed E-state index contributed by atoms with van der Waals surface area (Å²) in [6.07, 6.45) is 8.14. The van der Waals surface area contributed by atoms with Gasteiger partial charge in [-0.2, -0.15) is 5.26 Å². The molecule has 2 atom stereocenters. The number of rotatable bonds is 5. The van der Waals surface area contributed by atoms with Crippen LogP contribution in [0.25, 0.3) is 0 Å². The highest BCUT2D eigenvalue weighted by molar-refractivity contribution is 5.15. The minimum atomic E-state index is 0.0833. The van der Waals surface area contributed by atoms with Crippen LogP contribution in [0.2, 0.25) is 0 Å². The van der Waals surface area contributed by atoms with Gasteiger partial charge in [-0.15, -0.1) is 0 Å². The first kappa shape index (κ1) is 16.0. The highest BCUT2D eigenvalue weighted by Gasteiger charge is 2.28. The molecular weight excluding hydrogens is 256 g/mol. The first-order valence-corrected chi connectivity index (χ1v) is 8.32. The molecule has 1 aromatic carbocycles. The molecule has 0 aromatic heterocycles. The van der Waals surface area contributed by atoms with Gasteiger partial charge in [0.2, 0.25) is 0 Å². The Morgan fingerprint density at radius 2 is 1.86 bits per heavy atom. The average Bonchev–Trinajstić information content (AvgIpc) is 2.71. The Hall–Kier alpha value is -1.33. The zero-order valence-electron chi connectivity index (χ0n) is 13.4. The summed E-state index contributed by atoms with van der Waals surface area (Å²) in [4.78, 5) is 0. The van der Waals surface area contributed by atoms with Crippen molar-refractivity contribution < 1.29 is 0 Å². The van der Waals surface area contributed by atoms with E-state index in [1.165, 1.54) is 24.8 Å². The second-order valence-corrected chi connectivity index (χ2v) is 6.99. The molecule has 1 aromatic rings. The fraction of sp³-hybridized carbons (Fsp3) is 0.632. The van der Waals surface area contributed by atoms with E-state index in [0.717, 1.165) is 25.7 Å². The van der Waals surface area contributed by atoms with Gasteiger partial charge in [0.05, 0.1) is 12.0 Å². The number of hydrogen-bond acceptors (Lipinski definition) is 2. The summed E-state index contributed by atoms with van der Waals surface area (Å²) in [5.41, 5.74) is 1.48. The third-order valence-corrected chi connectivity index (χ3v) is 4.64. The number of nitriles is 1. The molecule has 0 saturated heterocycles. The van der Waals surface area contributed by atoms with Crippen molar-refractivity contribution in [1.29, 1.82) is 5.26 Å². The maximum atomic E-state index is 9.40. The van der Waals surface area contributed by atoms with Crippen LogP contribution in [-0.2, 0) is 6.42 Å². The number of nitrogens with zero attached hydrogens (tertiary/aromatic N) is 1. The van der Waals surface area contributed by atoms with Crippen LogP contribution < -0.4 is 5.32 Å². The largest absolute Gasteiger partial charge is 0.308 e. The lowest BCUT2D eigenvalue weighted by Crippen LogP contribution is -2.48. The van der Waals surface area contributed by atoms with Gasteiger partial charge in [-0.25, -0.2) is 0 Å². The molecule has 1 aliphatic carbocycles. The highest BCUT2D eigenvalue weighted by atomic mass is 15.0. The second-order valence-electron chi connectivity index (χ2n) is 6.99. The Morgan fingerprint density at radius 3 is 2.57 bits per heavy atom. The normalized spacial score (nSPS) is 23.3. The van der Waals surface area contributed by atoms with Crippen LogP contribution in [-0.4, -0.2) is 11.6 Å². The fourth-order valence-corrected chi connectivity index (χ4v) is 3.31. The van der Waals surface area contributed by atoms with Crippen molar-refractivity contribution in [3.63, 3.8) is 0 Å². The predicted octanol–water partition coefficient (Wildman–Crippen LogP) is 4.46. The molecule has 1 N–H and O–H groups in total. The van der Waals surface area contributed by atoms with E-state index in [1.807, 2.05) is 0 Å². The number of aryl methyl sites for hydroxylation is 1. The molecule has 114 valence electrons. The molecule has 2 nitrogen and oxygen atoms in total. The van der Waals surface area contributed by atoms with Crippen molar-refractivity contribution in [2.24, 2.45) is 5.92 Å². The van der Waals surface area contributed by atoms with Crippen LogP contribution in [0.4, 0.5) is 0 Å². The molecule has 0 spiro atoms. The van der Waals surface area contributed by atoms with E-state index in [-0.39, 0.29) is 11.5 Å². The SMILES string of the molecule is CC(C)(CCc1ccccc1)NC1CCCCCC1C#N. The smallest absolute Gasteiger partial charge is 0.0672 e. The van der Waals surface area contributed by atoms with Crippen LogP contribution >= 0.6 is 0 Å². The Labute approximate surface area is 129 Å². The lowest BCUT2D eigenvalue weighted by Gasteiger charge is -2.33. The maximum Gasteiger partial charge on any atom is 0.0672 e. The standard InChI is InChI=1S/C19H28N2/c1-19(2,14-13-16-9-5-3-6-10-16)21-18-12-8-4-7-11-17(18)15-20/h3,5-6,9-10,17-18,21H,4,7-8,11-14H2,1-2H3. The van der Waals surface area contributed by atoms with E-state index in [4.69, 9.17) is 0 Å². The molecule has 2 rings (SSSR count). The van der Waals surface area contributed by atoms with E-state index in [9.17, 15) is 5.26 Å². The fourth-order valence-electron chi connectivity index (χ4n) is 3.31. The lowest BCUT2D eigenvalue weighted by atomic mass is 9.89. The molecule has 0 amide bonds. The van der Waals surface area contributed by atoms with Gasteiger partial charge in [0.15, 0.2) is 0 Å². The van der Waals surface area contributed by atoms with E-state index in [2.05, 4.69) is 55.6 Å². The van der Waals surface area contributed by atoms with Crippen molar-refractivity contribution in [3.8, 4) is 6.07 Å². The molecule has 2 unspecified atom stereocenters. The molecule has 0 radical (unpaired) electrons. The average molecular weight is 284 g/mol. The Kier molecular flexibility index (Phi) is 5.82. The van der Waals surface area contributed by atoms with Crippen LogP contribution in [0.3, 0.4) is 0 Å². The molecular formula is C19H28N2. The topological polar surface area (TPSA) is 35.8 Å². The Bertz CT molecular complexity index is 458. The van der Waals surface area contributed by atoms with E-state index in [0.29, 0.717) is 6.04 Å².